The molecule has 0 saturated carbocycles. The molecule has 8 rings (SSSR count). The van der Waals surface area contributed by atoms with Crippen LogP contribution < -0.4 is 34.3 Å². The van der Waals surface area contributed by atoms with Crippen LogP contribution in [0.15, 0.2) is 60.7 Å². The largest absolute Gasteiger partial charge is 0.504 e. The van der Waals surface area contributed by atoms with Gasteiger partial charge in [0.05, 0.1) is 21.3 Å². The van der Waals surface area contributed by atoms with Gasteiger partial charge >= 0.3 is 0 Å². The van der Waals surface area contributed by atoms with Gasteiger partial charge in [-0.2, -0.15) is 0 Å². The van der Waals surface area contributed by atoms with Crippen LogP contribution in [0.3, 0.4) is 0 Å². The predicted molar refractivity (Wildman–Crippen MR) is 182 cm³/mol. The maximum Gasteiger partial charge on any atom is 0.204 e. The van der Waals surface area contributed by atoms with Crippen molar-refractivity contribution in [2.45, 2.75) is 62.4 Å². The van der Waals surface area contributed by atoms with Gasteiger partial charge in [-0.3, -0.25) is 0 Å². The monoisotopic (exact) mass is 636 g/mol. The average Bonchev–Trinajstić information content (AvgIpc) is 3.09. The molecule has 2 aliphatic carbocycles. The zero-order valence-electron chi connectivity index (χ0n) is 27.8. The van der Waals surface area contributed by atoms with Crippen molar-refractivity contribution >= 4 is 0 Å². The molecular weight excluding hydrogens is 592 g/mol. The summed E-state index contributed by atoms with van der Waals surface area (Å²) in [6, 6.07) is 20.8. The van der Waals surface area contributed by atoms with Gasteiger partial charge in [-0.05, 0) is 123 Å². The van der Waals surface area contributed by atoms with Gasteiger partial charge in [0.15, 0.2) is 34.5 Å². The van der Waals surface area contributed by atoms with Gasteiger partial charge in [-0.1, -0.05) is 18.2 Å². The van der Waals surface area contributed by atoms with E-state index in [9.17, 15) is 5.11 Å². The fourth-order valence-electron chi connectivity index (χ4n) is 8.00. The minimum Gasteiger partial charge on any atom is -0.504 e. The molecule has 2 aliphatic heterocycles. The lowest BCUT2D eigenvalue weighted by atomic mass is 9.75. The highest BCUT2D eigenvalue weighted by Gasteiger charge is 2.37. The van der Waals surface area contributed by atoms with E-state index >= 15 is 0 Å². The molecular formula is C39H44N2O6. The number of aryl methyl sites for hydroxylation is 2. The second-order valence-corrected chi connectivity index (χ2v) is 12.9. The number of ether oxygens (including phenoxy) is 5. The van der Waals surface area contributed by atoms with Crippen molar-refractivity contribution in [3.8, 4) is 46.0 Å². The summed E-state index contributed by atoms with van der Waals surface area (Å²) in [4.78, 5) is 0. The molecule has 0 spiro atoms. The highest BCUT2D eigenvalue weighted by Crippen LogP contribution is 2.53. The molecule has 0 amide bonds. The number of likely N-dealkylation sites (N-methyl/N-ethyl adjacent to an activating group) is 2. The van der Waals surface area contributed by atoms with E-state index < -0.39 is 0 Å². The lowest BCUT2D eigenvalue weighted by Gasteiger charge is -2.36. The van der Waals surface area contributed by atoms with Gasteiger partial charge in [0.2, 0.25) is 5.75 Å². The van der Waals surface area contributed by atoms with Crippen LogP contribution in [-0.4, -0.2) is 52.6 Å². The van der Waals surface area contributed by atoms with Crippen LogP contribution in [0.2, 0.25) is 0 Å². The predicted octanol–water partition coefficient (Wildman–Crippen LogP) is 7.04. The Hall–Kier alpha value is -4.40. The Kier molecular flexibility index (Phi) is 8.64. The molecule has 47 heavy (non-hydrogen) atoms. The third kappa shape index (κ3) is 5.74. The van der Waals surface area contributed by atoms with E-state index in [1.54, 1.807) is 27.4 Å². The van der Waals surface area contributed by atoms with Crippen LogP contribution in [0.25, 0.3) is 0 Å². The van der Waals surface area contributed by atoms with E-state index in [4.69, 9.17) is 23.7 Å². The number of fused-ring (bicyclic) bond motifs is 2. The first-order valence-corrected chi connectivity index (χ1v) is 16.5. The van der Waals surface area contributed by atoms with Gasteiger partial charge in [-0.15, -0.1) is 0 Å². The number of hydrogen-bond acceptors (Lipinski definition) is 8. The van der Waals surface area contributed by atoms with Crippen LogP contribution in [0.1, 0.15) is 58.1 Å². The van der Waals surface area contributed by atoms with Crippen molar-refractivity contribution < 1.29 is 28.8 Å². The van der Waals surface area contributed by atoms with E-state index in [0.717, 1.165) is 43.2 Å². The van der Waals surface area contributed by atoms with Crippen LogP contribution in [0.4, 0.5) is 0 Å². The first kappa shape index (κ1) is 31.2. The quantitative estimate of drug-likeness (QED) is 0.215. The lowest BCUT2D eigenvalue weighted by Crippen LogP contribution is -2.37. The molecule has 3 N–H and O–H groups in total. The van der Waals surface area contributed by atoms with E-state index in [1.165, 1.54) is 22.3 Å². The number of methoxy groups -OCH3 is 3. The van der Waals surface area contributed by atoms with Crippen LogP contribution in [0.5, 0.6) is 46.0 Å². The molecule has 0 radical (unpaired) electrons. The van der Waals surface area contributed by atoms with Gasteiger partial charge < -0.3 is 39.4 Å². The lowest BCUT2D eigenvalue weighted by molar-refractivity contribution is 0.317. The average molecular weight is 637 g/mol. The summed E-state index contributed by atoms with van der Waals surface area (Å²) in [5, 5.41) is 18.0. The Bertz CT molecular complexity index is 1770. The zero-order valence-corrected chi connectivity index (χ0v) is 27.8. The van der Waals surface area contributed by atoms with Crippen molar-refractivity contribution in [3.05, 3.63) is 94.0 Å². The molecule has 0 saturated heterocycles. The number of aromatic hydroxyl groups is 1. The summed E-state index contributed by atoms with van der Waals surface area (Å²) < 4.78 is 31.3. The summed E-state index contributed by atoms with van der Waals surface area (Å²) in [5.41, 5.74) is 7.04. The summed E-state index contributed by atoms with van der Waals surface area (Å²) in [6.45, 7) is 0. The number of rotatable bonds is 5. The topological polar surface area (TPSA) is 90.4 Å². The Balaban J connectivity index is 1.48. The molecule has 8 nitrogen and oxygen atoms in total. The summed E-state index contributed by atoms with van der Waals surface area (Å²) in [5.74, 6) is 4.66. The van der Waals surface area contributed by atoms with Crippen molar-refractivity contribution in [1.82, 2.24) is 10.6 Å². The maximum atomic E-state index is 10.8. The number of phenolic OH excluding ortho intramolecular Hbond substituents is 1. The fraction of sp³-hybridized carbons (Fsp3) is 0.385. The molecule has 0 fully saturated rings. The smallest absolute Gasteiger partial charge is 0.204 e. The summed E-state index contributed by atoms with van der Waals surface area (Å²) in [6.07, 6.45) is 5.32. The molecule has 8 heteroatoms. The van der Waals surface area contributed by atoms with E-state index in [-0.39, 0.29) is 23.6 Å². The van der Waals surface area contributed by atoms with Crippen LogP contribution in [0, 0.1) is 0 Å². The molecule has 246 valence electrons. The Morgan fingerprint density at radius 3 is 2.04 bits per heavy atom. The number of nitrogens with one attached hydrogen (secondary N) is 2. The summed E-state index contributed by atoms with van der Waals surface area (Å²) >= 11 is 0. The van der Waals surface area contributed by atoms with E-state index in [0.29, 0.717) is 52.7 Å². The standard InChI is InChI=1S/C39H44N2O6/c1-40-30-13-9-24-19-34(43-3)35-21-27(24)28(30)16-22-6-11-26(12-7-22)46-33-18-23(8-15-32(33)42)17-29-31(41-2)14-10-25-20-36(44-4)38(45-5)39(47-35)37(25)29/h6-8,11-12,15,18-21,28-31,40-42H,9-10,13-14,16-17H2,1-5H3. The Labute approximate surface area is 277 Å². The van der Waals surface area contributed by atoms with Crippen molar-refractivity contribution in [2.24, 2.45) is 0 Å². The van der Waals surface area contributed by atoms with Gasteiger partial charge in [0.25, 0.3) is 0 Å². The van der Waals surface area contributed by atoms with Crippen molar-refractivity contribution in [2.75, 3.05) is 35.4 Å². The third-order valence-corrected chi connectivity index (χ3v) is 10.4. The summed E-state index contributed by atoms with van der Waals surface area (Å²) in [7, 11) is 9.09. The SMILES string of the molecule is CNC1CCc2cc(OC)c3cc2C1Cc1ccc(cc1)Oc1cc(ccc1O)CC1c2c(cc(OC)c(OC)c2O3)CCC1NC. The fourth-order valence-corrected chi connectivity index (χ4v) is 8.00. The number of phenols is 1. The number of hydrogen-bond donors (Lipinski definition) is 3. The zero-order chi connectivity index (χ0) is 32.7. The third-order valence-electron chi connectivity index (χ3n) is 10.4. The maximum absolute atomic E-state index is 10.8. The Morgan fingerprint density at radius 1 is 0.681 bits per heavy atom. The van der Waals surface area contributed by atoms with E-state index in [1.807, 2.05) is 38.4 Å². The van der Waals surface area contributed by atoms with E-state index in [2.05, 4.69) is 41.0 Å². The van der Waals surface area contributed by atoms with Gasteiger partial charge in [0, 0.05) is 29.5 Å². The Morgan fingerprint density at radius 2 is 1.34 bits per heavy atom. The molecule has 6 bridgehead atoms. The van der Waals surface area contributed by atoms with Gasteiger partial charge in [0.1, 0.15) is 5.75 Å². The molecule has 4 aromatic rings. The molecule has 2 heterocycles. The van der Waals surface area contributed by atoms with Crippen molar-refractivity contribution in [3.63, 3.8) is 0 Å². The molecule has 4 unspecified atom stereocenters. The minimum atomic E-state index is 0.0270. The highest BCUT2D eigenvalue weighted by atomic mass is 16.5. The second-order valence-electron chi connectivity index (χ2n) is 12.9. The number of benzene rings is 4. The normalized spacial score (nSPS) is 21.4. The second kappa shape index (κ2) is 13.0. The molecule has 4 aliphatic rings. The first-order chi connectivity index (χ1) is 22.9. The highest BCUT2D eigenvalue weighted by molar-refractivity contribution is 5.64. The van der Waals surface area contributed by atoms with Crippen molar-refractivity contribution in [1.29, 1.82) is 0 Å². The minimum absolute atomic E-state index is 0.0270. The van der Waals surface area contributed by atoms with Crippen LogP contribution in [-0.2, 0) is 25.7 Å². The molecule has 4 atom stereocenters. The van der Waals surface area contributed by atoms with Crippen LogP contribution >= 0.6 is 0 Å². The molecule has 4 aromatic carbocycles. The first-order valence-electron chi connectivity index (χ1n) is 16.5. The van der Waals surface area contributed by atoms with Gasteiger partial charge in [-0.25, -0.2) is 0 Å². The molecule has 0 aromatic heterocycles.